The van der Waals surface area contributed by atoms with E-state index in [1.165, 1.54) is 17.5 Å². The molecule has 2 N–H and O–H groups in total. The number of hydrogen-bond acceptors (Lipinski definition) is 8. The Bertz CT molecular complexity index is 1120. The van der Waals surface area contributed by atoms with Gasteiger partial charge in [0.25, 0.3) is 0 Å². The molecule has 1 aliphatic heterocycles. The molecule has 10 heteroatoms. The second-order valence-electron chi connectivity index (χ2n) is 7.83. The number of aromatic nitrogens is 3. The molecule has 1 aliphatic rings. The molecular formula is C23H27N5O4S. The molecule has 0 unspecified atom stereocenters. The van der Waals surface area contributed by atoms with Crippen LogP contribution in [-0.2, 0) is 16.1 Å². The van der Waals surface area contributed by atoms with Crippen LogP contribution in [0.2, 0.25) is 0 Å². The van der Waals surface area contributed by atoms with E-state index >= 15 is 0 Å². The summed E-state index contributed by atoms with van der Waals surface area (Å²) in [4.78, 5) is 31.1. The van der Waals surface area contributed by atoms with Gasteiger partial charge in [0, 0.05) is 23.4 Å². The van der Waals surface area contributed by atoms with Gasteiger partial charge in [-0.1, -0.05) is 0 Å². The predicted molar refractivity (Wildman–Crippen MR) is 124 cm³/mol. The summed E-state index contributed by atoms with van der Waals surface area (Å²) in [5.74, 6) is 0.0305. The van der Waals surface area contributed by atoms with Crippen LogP contribution in [0.5, 0.6) is 5.75 Å². The van der Waals surface area contributed by atoms with Crippen molar-refractivity contribution in [3.8, 4) is 22.1 Å². The van der Waals surface area contributed by atoms with Crippen molar-refractivity contribution >= 4 is 23.2 Å². The Hall–Kier alpha value is -3.24. The summed E-state index contributed by atoms with van der Waals surface area (Å²) in [5, 5.41) is 7.10. The average molecular weight is 470 g/mol. The van der Waals surface area contributed by atoms with Crippen molar-refractivity contribution in [1.29, 1.82) is 0 Å². The van der Waals surface area contributed by atoms with Gasteiger partial charge in [0.15, 0.2) is 0 Å². The van der Waals surface area contributed by atoms with Crippen LogP contribution >= 0.6 is 11.3 Å². The van der Waals surface area contributed by atoms with Crippen LogP contribution in [0.3, 0.4) is 0 Å². The Morgan fingerprint density at radius 1 is 1.21 bits per heavy atom. The fourth-order valence-corrected chi connectivity index (χ4v) is 4.73. The summed E-state index contributed by atoms with van der Waals surface area (Å²) in [6, 6.07) is 7.69. The number of nitrogens with two attached hydrogens (primary N) is 1. The standard InChI is InChI=1S/C23H27N5O4S/c1-3-32-22(30)18-12-25-28(20(18)13-27-10-8-16(9-11-27)21(24)29)23-26-19(14-33-23)15-4-6-17(31-2)7-5-15/h4-7,12,14,16H,3,8-11,13H2,1-2H3,(H2,24,29). The van der Waals surface area contributed by atoms with Gasteiger partial charge in [-0.25, -0.2) is 14.5 Å². The number of rotatable bonds is 8. The number of hydrogen-bond donors (Lipinski definition) is 1. The number of likely N-dealkylation sites (tertiary alicyclic amines) is 1. The molecule has 1 fully saturated rings. The number of benzene rings is 1. The number of primary amides is 1. The highest BCUT2D eigenvalue weighted by atomic mass is 32.1. The maximum atomic E-state index is 12.6. The van der Waals surface area contributed by atoms with Gasteiger partial charge in [-0.15, -0.1) is 11.3 Å². The topological polar surface area (TPSA) is 113 Å². The molecule has 2 aromatic heterocycles. The molecule has 1 aromatic carbocycles. The van der Waals surface area contributed by atoms with Gasteiger partial charge in [0.2, 0.25) is 11.0 Å². The van der Waals surface area contributed by atoms with E-state index in [4.69, 9.17) is 20.2 Å². The molecule has 9 nitrogen and oxygen atoms in total. The maximum absolute atomic E-state index is 12.6. The van der Waals surface area contributed by atoms with Gasteiger partial charge in [0.05, 0.1) is 31.3 Å². The summed E-state index contributed by atoms with van der Waals surface area (Å²) in [5.41, 5.74) is 8.40. The molecule has 1 amide bonds. The largest absolute Gasteiger partial charge is 0.497 e. The summed E-state index contributed by atoms with van der Waals surface area (Å²) in [6.45, 7) is 3.99. The van der Waals surface area contributed by atoms with Crippen molar-refractivity contribution in [3.05, 3.63) is 47.1 Å². The lowest BCUT2D eigenvalue weighted by atomic mass is 9.96. The normalized spacial score (nSPS) is 14.8. The van der Waals surface area contributed by atoms with Crippen molar-refractivity contribution in [2.24, 2.45) is 11.7 Å². The Kier molecular flexibility index (Phi) is 7.05. The fourth-order valence-electron chi connectivity index (χ4n) is 3.91. The van der Waals surface area contributed by atoms with Gasteiger partial charge in [0.1, 0.15) is 11.3 Å². The molecule has 0 radical (unpaired) electrons. The molecule has 33 heavy (non-hydrogen) atoms. The van der Waals surface area contributed by atoms with Crippen LogP contribution in [0, 0.1) is 5.92 Å². The Morgan fingerprint density at radius 3 is 2.58 bits per heavy atom. The van der Waals surface area contributed by atoms with Gasteiger partial charge >= 0.3 is 5.97 Å². The zero-order valence-corrected chi connectivity index (χ0v) is 19.5. The average Bonchev–Trinajstić information content (AvgIpc) is 3.47. The SMILES string of the molecule is CCOC(=O)c1cnn(-c2nc(-c3ccc(OC)cc3)cs2)c1CN1CCC(C(N)=O)CC1. The summed E-state index contributed by atoms with van der Waals surface area (Å²) < 4.78 is 12.2. The van der Waals surface area contributed by atoms with E-state index in [0.29, 0.717) is 30.1 Å². The van der Waals surface area contributed by atoms with Gasteiger partial charge < -0.3 is 15.2 Å². The quantitative estimate of drug-likeness (QED) is 0.505. The van der Waals surface area contributed by atoms with E-state index in [9.17, 15) is 9.59 Å². The smallest absolute Gasteiger partial charge is 0.341 e. The van der Waals surface area contributed by atoms with Crippen molar-refractivity contribution in [3.63, 3.8) is 0 Å². The first-order chi connectivity index (χ1) is 16.0. The van der Waals surface area contributed by atoms with Crippen LogP contribution in [-0.4, -0.2) is 58.3 Å². The summed E-state index contributed by atoms with van der Waals surface area (Å²) in [7, 11) is 1.63. The van der Waals surface area contributed by atoms with Crippen molar-refractivity contribution in [2.75, 3.05) is 26.8 Å². The molecule has 0 bridgehead atoms. The van der Waals surface area contributed by atoms with Crippen LogP contribution in [0.25, 0.3) is 16.4 Å². The highest BCUT2D eigenvalue weighted by molar-refractivity contribution is 7.12. The highest BCUT2D eigenvalue weighted by Gasteiger charge is 2.27. The van der Waals surface area contributed by atoms with Crippen LogP contribution in [0.15, 0.2) is 35.8 Å². The van der Waals surface area contributed by atoms with E-state index in [1.807, 2.05) is 29.6 Å². The van der Waals surface area contributed by atoms with E-state index in [0.717, 1.165) is 35.8 Å². The second-order valence-corrected chi connectivity index (χ2v) is 8.67. The number of carbonyl (C=O) groups is 2. The Labute approximate surface area is 196 Å². The number of methoxy groups -OCH3 is 1. The monoisotopic (exact) mass is 469 g/mol. The van der Waals surface area contributed by atoms with E-state index in [2.05, 4.69) is 10.00 Å². The fraction of sp³-hybridized carbons (Fsp3) is 0.391. The Morgan fingerprint density at radius 2 is 1.94 bits per heavy atom. The first kappa shape index (κ1) is 22.9. The number of piperidine rings is 1. The van der Waals surface area contributed by atoms with Crippen LogP contribution < -0.4 is 10.5 Å². The molecule has 174 valence electrons. The Balaban J connectivity index is 1.61. The van der Waals surface area contributed by atoms with Crippen molar-refractivity contribution in [1.82, 2.24) is 19.7 Å². The lowest BCUT2D eigenvalue weighted by Crippen LogP contribution is -2.38. The molecule has 0 atom stereocenters. The van der Waals surface area contributed by atoms with E-state index in [1.54, 1.807) is 18.7 Å². The minimum atomic E-state index is -0.405. The first-order valence-corrected chi connectivity index (χ1v) is 11.7. The molecule has 1 saturated heterocycles. The minimum absolute atomic E-state index is 0.0956. The lowest BCUT2D eigenvalue weighted by Gasteiger charge is -2.30. The third kappa shape index (κ3) is 5.07. The van der Waals surface area contributed by atoms with Gasteiger partial charge in [-0.05, 0) is 57.1 Å². The molecule has 0 spiro atoms. The number of thiazole rings is 1. The molecule has 3 aromatic rings. The number of nitrogens with zero attached hydrogens (tertiary/aromatic N) is 4. The van der Waals surface area contributed by atoms with E-state index < -0.39 is 5.97 Å². The van der Waals surface area contributed by atoms with Crippen LogP contribution in [0.4, 0.5) is 0 Å². The van der Waals surface area contributed by atoms with Crippen LogP contribution in [0.1, 0.15) is 35.8 Å². The number of esters is 1. The van der Waals surface area contributed by atoms with Gasteiger partial charge in [-0.3, -0.25) is 9.69 Å². The highest BCUT2D eigenvalue weighted by Crippen LogP contribution is 2.28. The maximum Gasteiger partial charge on any atom is 0.341 e. The third-order valence-corrected chi connectivity index (χ3v) is 6.60. The molecule has 3 heterocycles. The van der Waals surface area contributed by atoms with Crippen molar-refractivity contribution in [2.45, 2.75) is 26.3 Å². The predicted octanol–water partition coefficient (Wildman–Crippen LogP) is 2.88. The first-order valence-electron chi connectivity index (χ1n) is 10.9. The number of carbonyl (C=O) groups excluding carboxylic acids is 2. The second kappa shape index (κ2) is 10.1. The molecular weight excluding hydrogens is 442 g/mol. The molecule has 0 aliphatic carbocycles. The molecule has 0 saturated carbocycles. The number of amides is 1. The third-order valence-electron chi connectivity index (χ3n) is 5.79. The lowest BCUT2D eigenvalue weighted by molar-refractivity contribution is -0.123. The zero-order valence-electron chi connectivity index (χ0n) is 18.7. The van der Waals surface area contributed by atoms with E-state index in [-0.39, 0.29) is 18.4 Å². The zero-order chi connectivity index (χ0) is 23.4. The minimum Gasteiger partial charge on any atom is -0.497 e. The summed E-state index contributed by atoms with van der Waals surface area (Å²) in [6.07, 6.45) is 2.95. The summed E-state index contributed by atoms with van der Waals surface area (Å²) >= 11 is 1.45. The van der Waals surface area contributed by atoms with Crippen molar-refractivity contribution < 1.29 is 19.1 Å². The van der Waals surface area contributed by atoms with Gasteiger partial charge in [-0.2, -0.15) is 5.10 Å². The number of ether oxygens (including phenoxy) is 2. The molecule has 4 rings (SSSR count).